The van der Waals surface area contributed by atoms with Crippen LogP contribution in [0.1, 0.15) is 24.6 Å². The van der Waals surface area contributed by atoms with Gasteiger partial charge in [-0.3, -0.25) is 9.29 Å². The number of methoxy groups -OCH3 is 3. The fraction of sp³-hybridized carbons (Fsp3) is 0.333. The van der Waals surface area contributed by atoms with Crippen molar-refractivity contribution in [3.05, 3.63) is 53.3 Å². The van der Waals surface area contributed by atoms with E-state index in [1.807, 2.05) is 0 Å². The number of ether oxygens (including phenoxy) is 3. The van der Waals surface area contributed by atoms with Crippen LogP contribution in [-0.4, -0.2) is 69.9 Å². The summed E-state index contributed by atoms with van der Waals surface area (Å²) in [5, 5.41) is 11.2. The predicted octanol–water partition coefficient (Wildman–Crippen LogP) is 2.35. The Morgan fingerprint density at radius 2 is 1.84 bits per heavy atom. The van der Waals surface area contributed by atoms with E-state index in [0.717, 1.165) is 0 Å². The summed E-state index contributed by atoms with van der Waals surface area (Å²) in [7, 11) is 0.185. The quantitative estimate of drug-likeness (QED) is 0.289. The Morgan fingerprint density at radius 3 is 2.49 bits per heavy atom. The lowest BCUT2D eigenvalue weighted by molar-refractivity contribution is 0.0950. The molecule has 0 fully saturated rings. The summed E-state index contributed by atoms with van der Waals surface area (Å²) in [6.07, 6.45) is 1.72. The van der Waals surface area contributed by atoms with Crippen LogP contribution in [0.5, 0.6) is 11.8 Å². The van der Waals surface area contributed by atoms with Crippen molar-refractivity contribution in [2.24, 2.45) is 0 Å². The van der Waals surface area contributed by atoms with Gasteiger partial charge in [0.25, 0.3) is 5.88 Å². The van der Waals surface area contributed by atoms with Crippen molar-refractivity contribution in [2.75, 3.05) is 26.1 Å². The Kier molecular flexibility index (Phi) is 7.85. The molecule has 16 heteroatoms. The molecule has 0 saturated carbocycles. The molecule has 0 aliphatic heterocycles. The molecule has 0 radical (unpaired) electrons. The van der Waals surface area contributed by atoms with Crippen LogP contribution >= 0.6 is 11.6 Å². The molecule has 37 heavy (non-hydrogen) atoms. The lowest BCUT2D eigenvalue weighted by atomic mass is 10.2. The summed E-state index contributed by atoms with van der Waals surface area (Å²) in [6, 6.07) is 6.63. The van der Waals surface area contributed by atoms with Gasteiger partial charge < -0.3 is 18.7 Å². The zero-order valence-electron chi connectivity index (χ0n) is 20.2. The van der Waals surface area contributed by atoms with Gasteiger partial charge in [0, 0.05) is 31.6 Å². The summed E-state index contributed by atoms with van der Waals surface area (Å²) >= 11 is 5.86. The minimum atomic E-state index is -4.11. The normalized spacial score (nSPS) is 13.2. The predicted molar refractivity (Wildman–Crippen MR) is 131 cm³/mol. The van der Waals surface area contributed by atoms with Gasteiger partial charge in [-0.2, -0.15) is 0 Å². The fourth-order valence-electron chi connectivity index (χ4n) is 3.35. The first-order valence-electron chi connectivity index (χ1n) is 10.7. The van der Waals surface area contributed by atoms with Crippen LogP contribution in [0.25, 0.3) is 11.5 Å². The van der Waals surface area contributed by atoms with Crippen molar-refractivity contribution >= 4 is 27.6 Å². The molecule has 0 aliphatic carbocycles. The maximum atomic E-state index is 13.4. The Labute approximate surface area is 217 Å². The summed E-state index contributed by atoms with van der Waals surface area (Å²) in [5.74, 6) is 1.28. The van der Waals surface area contributed by atoms with Gasteiger partial charge in [-0.25, -0.2) is 23.4 Å². The van der Waals surface area contributed by atoms with Crippen molar-refractivity contribution in [1.29, 1.82) is 0 Å². The van der Waals surface area contributed by atoms with Gasteiger partial charge in [-0.05, 0) is 18.1 Å². The SMILES string of the molecule is COc1cc(Cn2c(NS(=O)(=O)[C@@H](C)[C@H](OC)c3ncc(Cl)cn3)nnc2-c2cccc(OC)n2)on1. The van der Waals surface area contributed by atoms with Gasteiger partial charge in [0.15, 0.2) is 17.4 Å². The standard InChI is InChI=1S/C21H23ClN8O6S/c1-12(18(35-4)19-23-9-13(22)10-24-19)37(31,32)29-21-27-26-20(15-6-5-7-16(25-15)33-2)30(21)11-14-8-17(34-3)28-36-14/h5-10,12,18H,11H2,1-4H3,(H,27,29)/t12-,18-/m0/s1. The molecule has 14 nitrogen and oxygen atoms in total. The van der Waals surface area contributed by atoms with Crippen LogP contribution in [0.4, 0.5) is 5.95 Å². The minimum Gasteiger partial charge on any atom is -0.481 e. The van der Waals surface area contributed by atoms with Gasteiger partial charge in [0.2, 0.25) is 21.9 Å². The van der Waals surface area contributed by atoms with E-state index in [1.165, 1.54) is 45.2 Å². The number of halogens is 1. The molecule has 4 aromatic rings. The highest BCUT2D eigenvalue weighted by Crippen LogP contribution is 2.27. The van der Waals surface area contributed by atoms with Crippen molar-refractivity contribution in [1.82, 2.24) is 34.9 Å². The van der Waals surface area contributed by atoms with Crippen LogP contribution in [0.2, 0.25) is 5.02 Å². The van der Waals surface area contributed by atoms with E-state index < -0.39 is 21.4 Å². The molecule has 4 aromatic heterocycles. The molecule has 0 unspecified atom stereocenters. The number of rotatable bonds is 11. The van der Waals surface area contributed by atoms with Crippen molar-refractivity contribution in [3.8, 4) is 23.3 Å². The highest BCUT2D eigenvalue weighted by Gasteiger charge is 2.34. The minimum absolute atomic E-state index is 0.0117. The maximum absolute atomic E-state index is 13.4. The summed E-state index contributed by atoms with van der Waals surface area (Å²) in [4.78, 5) is 12.6. The number of aromatic nitrogens is 7. The Hall–Kier alpha value is -3.82. The van der Waals surface area contributed by atoms with Crippen molar-refractivity contribution in [2.45, 2.75) is 24.8 Å². The van der Waals surface area contributed by atoms with E-state index in [-0.39, 0.29) is 30.0 Å². The highest BCUT2D eigenvalue weighted by molar-refractivity contribution is 7.93. The molecule has 0 amide bonds. The van der Waals surface area contributed by atoms with Crippen LogP contribution in [0, 0.1) is 0 Å². The van der Waals surface area contributed by atoms with E-state index in [9.17, 15) is 8.42 Å². The molecule has 0 aromatic carbocycles. The molecule has 0 spiro atoms. The van der Waals surface area contributed by atoms with E-state index in [1.54, 1.807) is 24.3 Å². The third-order valence-electron chi connectivity index (χ3n) is 5.27. The molecular formula is C21H23ClN8O6S. The monoisotopic (exact) mass is 550 g/mol. The number of pyridine rings is 1. The van der Waals surface area contributed by atoms with Crippen LogP contribution in [0.15, 0.2) is 41.2 Å². The topological polar surface area (TPSA) is 169 Å². The molecule has 2 atom stereocenters. The first kappa shape index (κ1) is 26.2. The second-order valence-corrected chi connectivity index (χ2v) is 10.1. The molecule has 4 heterocycles. The molecule has 0 aliphatic rings. The van der Waals surface area contributed by atoms with E-state index >= 15 is 0 Å². The average molecular weight is 551 g/mol. The third kappa shape index (κ3) is 5.79. The second kappa shape index (κ2) is 11.1. The zero-order valence-corrected chi connectivity index (χ0v) is 21.8. The summed E-state index contributed by atoms with van der Waals surface area (Å²) < 4.78 is 51.7. The van der Waals surface area contributed by atoms with Crippen LogP contribution < -0.4 is 14.2 Å². The van der Waals surface area contributed by atoms with Gasteiger partial charge in [-0.1, -0.05) is 17.7 Å². The van der Waals surface area contributed by atoms with Gasteiger partial charge in [0.05, 0.1) is 25.8 Å². The number of anilines is 1. The largest absolute Gasteiger partial charge is 0.481 e. The zero-order chi connectivity index (χ0) is 26.6. The van der Waals surface area contributed by atoms with Crippen LogP contribution in [-0.2, 0) is 21.3 Å². The number of sulfonamides is 1. The van der Waals surface area contributed by atoms with Crippen molar-refractivity contribution in [3.63, 3.8) is 0 Å². The Bertz CT molecular complexity index is 1460. The maximum Gasteiger partial charge on any atom is 0.254 e. The summed E-state index contributed by atoms with van der Waals surface area (Å²) in [6.45, 7) is 1.47. The molecular weight excluding hydrogens is 528 g/mol. The number of nitrogens with zero attached hydrogens (tertiary/aromatic N) is 7. The fourth-order valence-corrected chi connectivity index (χ4v) is 4.60. The van der Waals surface area contributed by atoms with Crippen LogP contribution in [0.3, 0.4) is 0 Å². The summed E-state index contributed by atoms with van der Waals surface area (Å²) in [5.41, 5.74) is 0.390. The molecule has 196 valence electrons. The number of hydrogen-bond acceptors (Lipinski definition) is 12. The molecule has 4 rings (SSSR count). The first-order chi connectivity index (χ1) is 17.7. The first-order valence-corrected chi connectivity index (χ1v) is 12.6. The van der Waals surface area contributed by atoms with Gasteiger partial charge in [-0.15, -0.1) is 10.2 Å². The van der Waals surface area contributed by atoms with E-state index in [4.69, 9.17) is 30.3 Å². The second-order valence-electron chi connectivity index (χ2n) is 7.60. The van der Waals surface area contributed by atoms with Gasteiger partial charge in [0.1, 0.15) is 17.0 Å². The lowest BCUT2D eigenvalue weighted by Gasteiger charge is -2.22. The average Bonchev–Trinajstić information content (AvgIpc) is 3.52. The van der Waals surface area contributed by atoms with E-state index in [2.05, 4.69) is 35.0 Å². The number of hydrogen-bond donors (Lipinski definition) is 1. The Morgan fingerprint density at radius 1 is 1.11 bits per heavy atom. The molecule has 0 bridgehead atoms. The highest BCUT2D eigenvalue weighted by atomic mass is 35.5. The smallest absolute Gasteiger partial charge is 0.254 e. The van der Waals surface area contributed by atoms with E-state index in [0.29, 0.717) is 22.4 Å². The third-order valence-corrected chi connectivity index (χ3v) is 7.16. The molecule has 1 N–H and O–H groups in total. The number of nitrogens with one attached hydrogen (secondary N) is 1. The van der Waals surface area contributed by atoms with Gasteiger partial charge >= 0.3 is 0 Å². The molecule has 0 saturated heterocycles. The van der Waals surface area contributed by atoms with Crippen molar-refractivity contribution < 1.29 is 27.2 Å². The lowest BCUT2D eigenvalue weighted by Crippen LogP contribution is -2.33. The Balaban J connectivity index is 1.70.